The van der Waals surface area contributed by atoms with Crippen molar-refractivity contribution in [2.45, 2.75) is 26.9 Å². The number of rotatable bonds is 3. The molecule has 5 nitrogen and oxygen atoms in total. The van der Waals surface area contributed by atoms with Gasteiger partial charge in [-0.2, -0.15) is 5.10 Å². The number of ether oxygens (including phenoxy) is 1. The summed E-state index contributed by atoms with van der Waals surface area (Å²) in [5, 5.41) is 8.16. The molecule has 0 aliphatic rings. The van der Waals surface area contributed by atoms with Crippen LogP contribution in [0.4, 0.5) is 0 Å². The fraction of sp³-hybridized carbons (Fsp3) is 0.364. The molecule has 0 atom stereocenters. The molecule has 0 aromatic carbocycles. The number of ketones is 1. The molecule has 0 radical (unpaired) electrons. The van der Waals surface area contributed by atoms with Crippen molar-refractivity contribution in [3.63, 3.8) is 0 Å². The second kappa shape index (κ2) is 3.92. The molecule has 2 rings (SSSR count). The van der Waals surface area contributed by atoms with E-state index in [1.54, 1.807) is 12.1 Å². The minimum atomic E-state index is -0.0191. The van der Waals surface area contributed by atoms with Gasteiger partial charge in [-0.1, -0.05) is 0 Å². The third-order valence-electron chi connectivity index (χ3n) is 2.10. The molecule has 0 aliphatic carbocycles. The summed E-state index contributed by atoms with van der Waals surface area (Å²) in [6.07, 6.45) is 1.58. The molecular formula is C11H13N3O2. The van der Waals surface area contributed by atoms with E-state index in [4.69, 9.17) is 4.74 Å². The third kappa shape index (κ3) is 1.88. The fourth-order valence-electron chi connectivity index (χ4n) is 1.44. The highest BCUT2D eigenvalue weighted by atomic mass is 16.5. The van der Waals surface area contributed by atoms with Crippen LogP contribution in [-0.2, 0) is 0 Å². The van der Waals surface area contributed by atoms with Gasteiger partial charge in [-0.05, 0) is 26.8 Å². The van der Waals surface area contributed by atoms with Crippen LogP contribution in [0.2, 0.25) is 0 Å². The minimum absolute atomic E-state index is 0.0191. The first-order valence-corrected chi connectivity index (χ1v) is 5.10. The molecule has 2 aromatic rings. The van der Waals surface area contributed by atoms with Crippen LogP contribution in [0.3, 0.4) is 0 Å². The van der Waals surface area contributed by atoms with Crippen molar-refractivity contribution >= 4 is 11.3 Å². The number of carbonyl (C=O) groups is 1. The van der Waals surface area contributed by atoms with E-state index >= 15 is 0 Å². The zero-order valence-electron chi connectivity index (χ0n) is 9.47. The average molecular weight is 219 g/mol. The number of fused-ring (bicyclic) bond motifs is 1. The van der Waals surface area contributed by atoms with E-state index in [0.29, 0.717) is 17.0 Å². The zero-order chi connectivity index (χ0) is 11.7. The summed E-state index contributed by atoms with van der Waals surface area (Å²) >= 11 is 0. The van der Waals surface area contributed by atoms with Crippen LogP contribution in [0.25, 0.3) is 5.52 Å². The standard InChI is InChI=1S/C11H13N3O2/c1-7(2)16-11-5-4-10-9(8(3)15)6-12-14(10)13-11/h4-7H,1-3H3. The molecule has 0 bridgehead atoms. The molecule has 16 heavy (non-hydrogen) atoms. The number of Topliss-reactive ketones (excluding diaryl/α,β-unsaturated/α-hetero) is 1. The number of carbonyl (C=O) groups excluding carboxylic acids is 1. The summed E-state index contributed by atoms with van der Waals surface area (Å²) in [6, 6.07) is 3.53. The minimum Gasteiger partial charge on any atom is -0.474 e. The number of hydrogen-bond donors (Lipinski definition) is 0. The molecule has 0 fully saturated rings. The number of hydrogen-bond acceptors (Lipinski definition) is 4. The molecule has 0 saturated carbocycles. The highest BCUT2D eigenvalue weighted by Gasteiger charge is 2.10. The van der Waals surface area contributed by atoms with Crippen molar-refractivity contribution in [1.82, 2.24) is 14.8 Å². The van der Waals surface area contributed by atoms with Gasteiger partial charge in [-0.25, -0.2) is 0 Å². The topological polar surface area (TPSA) is 56.5 Å². The molecule has 0 saturated heterocycles. The second-order valence-electron chi connectivity index (χ2n) is 3.83. The van der Waals surface area contributed by atoms with Gasteiger partial charge in [0.2, 0.25) is 5.88 Å². The van der Waals surface area contributed by atoms with E-state index in [-0.39, 0.29) is 11.9 Å². The van der Waals surface area contributed by atoms with Gasteiger partial charge < -0.3 is 4.74 Å². The van der Waals surface area contributed by atoms with Gasteiger partial charge in [0.25, 0.3) is 0 Å². The average Bonchev–Trinajstić information content (AvgIpc) is 2.59. The molecule has 0 aliphatic heterocycles. The molecule has 0 unspecified atom stereocenters. The van der Waals surface area contributed by atoms with Crippen molar-refractivity contribution in [2.24, 2.45) is 0 Å². The highest BCUT2D eigenvalue weighted by Crippen LogP contribution is 2.14. The van der Waals surface area contributed by atoms with Crippen LogP contribution in [0.5, 0.6) is 5.88 Å². The molecular weight excluding hydrogens is 206 g/mol. The summed E-state index contributed by atoms with van der Waals surface area (Å²) in [6.45, 7) is 5.36. The predicted molar refractivity (Wildman–Crippen MR) is 58.8 cm³/mol. The van der Waals surface area contributed by atoms with Crippen molar-refractivity contribution < 1.29 is 9.53 Å². The van der Waals surface area contributed by atoms with Gasteiger partial charge in [-0.3, -0.25) is 4.79 Å². The van der Waals surface area contributed by atoms with Gasteiger partial charge in [0.05, 0.1) is 23.4 Å². The van der Waals surface area contributed by atoms with Crippen LogP contribution in [-0.4, -0.2) is 26.7 Å². The van der Waals surface area contributed by atoms with Crippen molar-refractivity contribution in [2.75, 3.05) is 0 Å². The quantitative estimate of drug-likeness (QED) is 0.737. The number of nitrogens with zero attached hydrogens (tertiary/aromatic N) is 3. The molecule has 0 spiro atoms. The Morgan fingerprint density at radius 3 is 2.81 bits per heavy atom. The van der Waals surface area contributed by atoms with Gasteiger partial charge in [-0.15, -0.1) is 9.73 Å². The van der Waals surface area contributed by atoms with Crippen LogP contribution in [0.1, 0.15) is 31.1 Å². The fourth-order valence-corrected chi connectivity index (χ4v) is 1.44. The lowest BCUT2D eigenvalue weighted by molar-refractivity contribution is 0.101. The predicted octanol–water partition coefficient (Wildman–Crippen LogP) is 1.72. The van der Waals surface area contributed by atoms with Crippen LogP contribution in [0, 0.1) is 0 Å². The lowest BCUT2D eigenvalue weighted by Gasteiger charge is -2.07. The Morgan fingerprint density at radius 2 is 2.19 bits per heavy atom. The first-order chi connectivity index (χ1) is 7.58. The van der Waals surface area contributed by atoms with E-state index in [2.05, 4.69) is 10.2 Å². The first-order valence-electron chi connectivity index (χ1n) is 5.10. The molecule has 2 heterocycles. The molecule has 2 aromatic heterocycles. The Kier molecular flexibility index (Phi) is 2.60. The first kappa shape index (κ1) is 10.6. The van der Waals surface area contributed by atoms with E-state index in [0.717, 1.165) is 0 Å². The summed E-state index contributed by atoms with van der Waals surface area (Å²) in [7, 11) is 0. The summed E-state index contributed by atoms with van der Waals surface area (Å²) in [5.41, 5.74) is 1.27. The van der Waals surface area contributed by atoms with Gasteiger partial charge in [0.15, 0.2) is 5.78 Å². The monoisotopic (exact) mass is 219 g/mol. The number of aromatic nitrogens is 3. The zero-order valence-corrected chi connectivity index (χ0v) is 9.47. The summed E-state index contributed by atoms with van der Waals surface area (Å²) in [5.74, 6) is 0.482. The lowest BCUT2D eigenvalue weighted by atomic mass is 10.2. The van der Waals surface area contributed by atoms with Crippen molar-refractivity contribution in [3.8, 4) is 5.88 Å². The van der Waals surface area contributed by atoms with Gasteiger partial charge in [0.1, 0.15) is 0 Å². The lowest BCUT2D eigenvalue weighted by Crippen LogP contribution is -2.08. The van der Waals surface area contributed by atoms with Crippen molar-refractivity contribution in [3.05, 3.63) is 23.9 Å². The van der Waals surface area contributed by atoms with E-state index < -0.39 is 0 Å². The third-order valence-corrected chi connectivity index (χ3v) is 2.10. The molecule has 0 amide bonds. The van der Waals surface area contributed by atoms with Crippen LogP contribution in [0.15, 0.2) is 18.3 Å². The maximum atomic E-state index is 11.3. The summed E-state index contributed by atoms with van der Waals surface area (Å²) in [4.78, 5) is 11.3. The van der Waals surface area contributed by atoms with E-state index in [1.165, 1.54) is 17.8 Å². The normalized spacial score (nSPS) is 11.0. The summed E-state index contributed by atoms with van der Waals surface area (Å²) < 4.78 is 6.85. The molecule has 84 valence electrons. The highest BCUT2D eigenvalue weighted by molar-refractivity contribution is 6.00. The maximum Gasteiger partial charge on any atom is 0.233 e. The SMILES string of the molecule is CC(=O)c1cnn2nc(OC(C)C)ccc12. The molecule has 0 N–H and O–H groups in total. The molecule has 5 heteroatoms. The smallest absolute Gasteiger partial charge is 0.233 e. The van der Waals surface area contributed by atoms with E-state index in [9.17, 15) is 4.79 Å². The largest absolute Gasteiger partial charge is 0.474 e. The Bertz CT molecular complexity index is 531. The van der Waals surface area contributed by atoms with Crippen LogP contribution < -0.4 is 4.74 Å². The Labute approximate surface area is 93.0 Å². The Hall–Kier alpha value is -1.91. The Balaban J connectivity index is 2.45. The van der Waals surface area contributed by atoms with Gasteiger partial charge in [0, 0.05) is 6.07 Å². The van der Waals surface area contributed by atoms with Gasteiger partial charge >= 0.3 is 0 Å². The maximum absolute atomic E-state index is 11.3. The van der Waals surface area contributed by atoms with E-state index in [1.807, 2.05) is 13.8 Å². The Morgan fingerprint density at radius 1 is 1.44 bits per heavy atom. The van der Waals surface area contributed by atoms with Crippen molar-refractivity contribution in [1.29, 1.82) is 0 Å². The van der Waals surface area contributed by atoms with Crippen LogP contribution >= 0.6 is 0 Å². The second-order valence-corrected chi connectivity index (χ2v) is 3.83.